The number of furan rings is 1. The smallest absolute Gasteiger partial charge is 0.313 e. The second kappa shape index (κ2) is 9.11. The summed E-state index contributed by atoms with van der Waals surface area (Å²) in [5.74, 6) is -0.447. The van der Waals surface area contributed by atoms with Crippen LogP contribution in [-0.2, 0) is 20.8 Å². The lowest BCUT2D eigenvalue weighted by atomic mass is 9.95. The van der Waals surface area contributed by atoms with Gasteiger partial charge in [-0.15, -0.1) is 0 Å². The standard InChI is InChI=1S/C23H22N2O6/c1-29-23(26)19-15-24(14-16-6-3-2-4-7-16)22(31-21(19)20-8-5-13-30-20)17-9-11-18(12-10-17)25(27)28/h2-13,19,21-22H,14-15H2,1H3/t19-,21-,22?/m0/s1. The van der Waals surface area contributed by atoms with Gasteiger partial charge >= 0.3 is 5.97 Å². The number of nitro benzene ring substituents is 1. The van der Waals surface area contributed by atoms with Gasteiger partial charge in [0.15, 0.2) is 0 Å². The molecule has 0 aliphatic carbocycles. The van der Waals surface area contributed by atoms with E-state index in [1.807, 2.05) is 35.2 Å². The van der Waals surface area contributed by atoms with Crippen molar-refractivity contribution in [2.75, 3.05) is 13.7 Å². The normalized spacial score (nSPS) is 21.5. The lowest BCUT2D eigenvalue weighted by Crippen LogP contribution is -2.46. The van der Waals surface area contributed by atoms with E-state index in [2.05, 4.69) is 0 Å². The molecule has 8 heteroatoms. The molecule has 0 N–H and O–H groups in total. The molecule has 0 saturated carbocycles. The second-order valence-corrected chi connectivity index (χ2v) is 7.32. The minimum atomic E-state index is -0.644. The largest absolute Gasteiger partial charge is 0.469 e. The van der Waals surface area contributed by atoms with E-state index in [0.29, 0.717) is 18.8 Å². The van der Waals surface area contributed by atoms with Gasteiger partial charge in [-0.25, -0.2) is 0 Å². The second-order valence-electron chi connectivity index (χ2n) is 7.32. The molecule has 0 radical (unpaired) electrons. The van der Waals surface area contributed by atoms with Gasteiger partial charge in [0, 0.05) is 25.2 Å². The monoisotopic (exact) mass is 422 g/mol. The Balaban J connectivity index is 1.70. The van der Waals surface area contributed by atoms with Crippen LogP contribution in [0.3, 0.4) is 0 Å². The van der Waals surface area contributed by atoms with E-state index >= 15 is 0 Å². The van der Waals surface area contributed by atoms with Crippen molar-refractivity contribution in [3.05, 3.63) is 100.0 Å². The molecule has 1 aromatic heterocycles. The number of carbonyl (C=O) groups excluding carboxylic acids is 1. The van der Waals surface area contributed by atoms with E-state index in [0.717, 1.165) is 11.1 Å². The minimum absolute atomic E-state index is 0.00388. The predicted octanol–water partition coefficient (Wildman–Crippen LogP) is 4.25. The van der Waals surface area contributed by atoms with Gasteiger partial charge in [0.05, 0.1) is 18.3 Å². The molecule has 3 atom stereocenters. The molecule has 1 aliphatic rings. The topological polar surface area (TPSA) is 95.0 Å². The highest BCUT2D eigenvalue weighted by Crippen LogP contribution is 2.41. The van der Waals surface area contributed by atoms with Crippen LogP contribution in [0.5, 0.6) is 0 Å². The number of ether oxygens (including phenoxy) is 2. The molecule has 8 nitrogen and oxygen atoms in total. The van der Waals surface area contributed by atoms with Crippen molar-refractivity contribution in [1.82, 2.24) is 4.90 Å². The van der Waals surface area contributed by atoms with Gasteiger partial charge in [0.1, 0.15) is 24.0 Å². The summed E-state index contributed by atoms with van der Waals surface area (Å²) in [5.41, 5.74) is 1.81. The predicted molar refractivity (Wildman–Crippen MR) is 111 cm³/mol. The lowest BCUT2D eigenvalue weighted by Gasteiger charge is -2.42. The third-order valence-electron chi connectivity index (χ3n) is 5.35. The van der Waals surface area contributed by atoms with Gasteiger partial charge in [0.25, 0.3) is 5.69 Å². The number of nitro groups is 1. The Morgan fingerprint density at radius 3 is 2.48 bits per heavy atom. The summed E-state index contributed by atoms with van der Waals surface area (Å²) in [7, 11) is 1.35. The fourth-order valence-electron chi connectivity index (χ4n) is 3.85. The third-order valence-corrected chi connectivity index (χ3v) is 5.35. The zero-order valence-corrected chi connectivity index (χ0v) is 16.9. The van der Waals surface area contributed by atoms with Crippen LogP contribution in [0, 0.1) is 16.0 Å². The SMILES string of the molecule is COC(=O)[C@H]1CN(Cc2ccccc2)C(c2ccc([N+](=O)[O-])cc2)O[C@@H]1c1ccco1. The van der Waals surface area contributed by atoms with Crippen molar-refractivity contribution >= 4 is 11.7 Å². The van der Waals surface area contributed by atoms with Gasteiger partial charge in [-0.3, -0.25) is 19.8 Å². The molecule has 1 aliphatic heterocycles. The molecule has 2 aromatic carbocycles. The number of methoxy groups -OCH3 is 1. The van der Waals surface area contributed by atoms with E-state index < -0.39 is 23.2 Å². The summed E-state index contributed by atoms with van der Waals surface area (Å²) < 4.78 is 17.0. The molecular weight excluding hydrogens is 400 g/mol. The van der Waals surface area contributed by atoms with Crippen LogP contribution in [0.2, 0.25) is 0 Å². The first-order chi connectivity index (χ1) is 15.1. The first-order valence-electron chi connectivity index (χ1n) is 9.86. The Hall–Kier alpha value is -3.49. The highest BCUT2D eigenvalue weighted by atomic mass is 16.6. The summed E-state index contributed by atoms with van der Waals surface area (Å²) in [6, 6.07) is 19.6. The van der Waals surface area contributed by atoms with Crippen molar-refractivity contribution in [2.45, 2.75) is 18.9 Å². The van der Waals surface area contributed by atoms with Gasteiger partial charge in [-0.1, -0.05) is 30.3 Å². The first-order valence-corrected chi connectivity index (χ1v) is 9.86. The number of hydrogen-bond acceptors (Lipinski definition) is 7. The third kappa shape index (κ3) is 4.50. The Labute approximate surface area is 179 Å². The van der Waals surface area contributed by atoms with Crippen LogP contribution < -0.4 is 0 Å². The van der Waals surface area contributed by atoms with Gasteiger partial charge in [0.2, 0.25) is 0 Å². The fraction of sp³-hybridized carbons (Fsp3) is 0.261. The van der Waals surface area contributed by atoms with Gasteiger partial charge < -0.3 is 13.9 Å². The van der Waals surface area contributed by atoms with Gasteiger partial charge in [-0.05, 0) is 35.4 Å². The molecule has 0 spiro atoms. The fourth-order valence-corrected chi connectivity index (χ4v) is 3.85. The van der Waals surface area contributed by atoms with Crippen LogP contribution in [0.1, 0.15) is 29.2 Å². The maximum absolute atomic E-state index is 12.6. The number of benzene rings is 2. The number of rotatable bonds is 6. The average molecular weight is 422 g/mol. The molecule has 4 rings (SSSR count). The Morgan fingerprint density at radius 1 is 1.13 bits per heavy atom. The molecule has 0 bridgehead atoms. The van der Waals surface area contributed by atoms with Crippen LogP contribution in [0.15, 0.2) is 77.4 Å². The molecule has 2 heterocycles. The summed E-state index contributed by atoms with van der Waals surface area (Å²) in [5, 5.41) is 11.1. The van der Waals surface area contributed by atoms with Crippen LogP contribution in [0.4, 0.5) is 5.69 Å². The number of hydrogen-bond donors (Lipinski definition) is 0. The number of carbonyl (C=O) groups is 1. The molecule has 3 aromatic rings. The maximum atomic E-state index is 12.6. The van der Waals surface area contributed by atoms with Crippen LogP contribution in [0.25, 0.3) is 0 Å². The van der Waals surface area contributed by atoms with Crippen molar-refractivity contribution < 1.29 is 23.6 Å². The number of esters is 1. The molecule has 160 valence electrons. The number of nitrogens with zero attached hydrogens (tertiary/aromatic N) is 2. The number of non-ortho nitro benzene ring substituents is 1. The van der Waals surface area contributed by atoms with E-state index in [1.54, 1.807) is 24.3 Å². The summed E-state index contributed by atoms with van der Waals surface area (Å²) in [6.45, 7) is 0.898. The summed E-state index contributed by atoms with van der Waals surface area (Å²) >= 11 is 0. The Morgan fingerprint density at radius 2 is 1.87 bits per heavy atom. The highest BCUT2D eigenvalue weighted by Gasteiger charge is 2.43. The summed E-state index contributed by atoms with van der Waals surface area (Å²) in [4.78, 5) is 25.2. The van der Waals surface area contributed by atoms with Crippen molar-refractivity contribution in [1.29, 1.82) is 0 Å². The Bertz CT molecular complexity index is 1020. The molecule has 0 amide bonds. The molecule has 1 unspecified atom stereocenters. The van der Waals surface area contributed by atoms with E-state index in [1.165, 1.54) is 25.5 Å². The zero-order valence-electron chi connectivity index (χ0n) is 16.9. The molecular formula is C23H22N2O6. The van der Waals surface area contributed by atoms with Gasteiger partial charge in [-0.2, -0.15) is 0 Å². The average Bonchev–Trinajstić information content (AvgIpc) is 3.34. The van der Waals surface area contributed by atoms with Crippen molar-refractivity contribution in [3.8, 4) is 0 Å². The van der Waals surface area contributed by atoms with E-state index in [4.69, 9.17) is 13.9 Å². The lowest BCUT2D eigenvalue weighted by molar-refractivity contribution is -0.384. The van der Waals surface area contributed by atoms with E-state index in [-0.39, 0.29) is 11.7 Å². The highest BCUT2D eigenvalue weighted by molar-refractivity contribution is 5.73. The molecule has 1 saturated heterocycles. The Kier molecular flexibility index (Phi) is 6.11. The van der Waals surface area contributed by atoms with E-state index in [9.17, 15) is 14.9 Å². The summed E-state index contributed by atoms with van der Waals surface area (Å²) in [6.07, 6.45) is 0.358. The molecule has 31 heavy (non-hydrogen) atoms. The van der Waals surface area contributed by atoms with Crippen molar-refractivity contribution in [3.63, 3.8) is 0 Å². The first kappa shape index (κ1) is 20.8. The zero-order chi connectivity index (χ0) is 21.8. The van der Waals surface area contributed by atoms with Crippen LogP contribution in [-0.4, -0.2) is 29.4 Å². The minimum Gasteiger partial charge on any atom is -0.469 e. The van der Waals surface area contributed by atoms with Crippen LogP contribution >= 0.6 is 0 Å². The molecule has 1 fully saturated rings. The van der Waals surface area contributed by atoms with Crippen molar-refractivity contribution in [2.24, 2.45) is 5.92 Å². The maximum Gasteiger partial charge on any atom is 0.313 e. The quantitative estimate of drug-likeness (QED) is 0.333.